The highest BCUT2D eigenvalue weighted by atomic mass is 16.3. The summed E-state index contributed by atoms with van der Waals surface area (Å²) in [5.41, 5.74) is 0.409. The average molecular weight is 251 g/mol. The van der Waals surface area contributed by atoms with Gasteiger partial charge in [-0.05, 0) is 40.1 Å². The van der Waals surface area contributed by atoms with Crippen molar-refractivity contribution >= 4 is 5.91 Å². The highest BCUT2D eigenvalue weighted by Crippen LogP contribution is 2.05. The number of aryl methyl sites for hydroxylation is 1. The molecule has 1 heterocycles. The number of hydrogen-bond acceptors (Lipinski definition) is 4. The normalized spacial score (nSPS) is 14.3. The zero-order chi connectivity index (χ0) is 13.8. The minimum absolute atomic E-state index is 0.195. The number of amides is 1. The van der Waals surface area contributed by atoms with Gasteiger partial charge in [0.1, 0.15) is 0 Å². The first kappa shape index (κ1) is 14.6. The van der Waals surface area contributed by atoms with Gasteiger partial charge in [-0.3, -0.25) is 9.78 Å². The Bertz CT molecular complexity index is 416. The van der Waals surface area contributed by atoms with Gasteiger partial charge < -0.3 is 15.3 Å². The lowest BCUT2D eigenvalue weighted by atomic mass is 10.1. The minimum atomic E-state index is -0.943. The predicted octanol–water partition coefficient (Wildman–Crippen LogP) is 0.432. The fourth-order valence-electron chi connectivity index (χ4n) is 1.80. The summed E-state index contributed by atoms with van der Waals surface area (Å²) in [5, 5.41) is 12.8. The van der Waals surface area contributed by atoms with Gasteiger partial charge in [0, 0.05) is 30.5 Å². The number of nitrogens with one attached hydrogen (secondary N) is 1. The molecule has 0 spiro atoms. The van der Waals surface area contributed by atoms with Crippen LogP contribution in [0.3, 0.4) is 0 Å². The molecule has 5 nitrogen and oxygen atoms in total. The van der Waals surface area contributed by atoms with E-state index in [4.69, 9.17) is 0 Å². The largest absolute Gasteiger partial charge is 0.387 e. The third kappa shape index (κ3) is 4.81. The first-order chi connectivity index (χ1) is 8.30. The van der Waals surface area contributed by atoms with E-state index in [1.54, 1.807) is 25.3 Å². The van der Waals surface area contributed by atoms with E-state index in [-0.39, 0.29) is 12.5 Å². The van der Waals surface area contributed by atoms with E-state index in [0.29, 0.717) is 12.1 Å². The lowest BCUT2D eigenvalue weighted by Gasteiger charge is -2.27. The third-order valence-electron chi connectivity index (χ3n) is 2.45. The van der Waals surface area contributed by atoms with Crippen LogP contribution in [0, 0.1) is 6.92 Å². The fraction of sp³-hybridized carbons (Fsp3) is 0.538. The van der Waals surface area contributed by atoms with E-state index in [0.717, 1.165) is 5.69 Å². The fourth-order valence-corrected chi connectivity index (χ4v) is 1.80. The summed E-state index contributed by atoms with van der Waals surface area (Å²) in [4.78, 5) is 17.8. The molecule has 0 aliphatic carbocycles. The van der Waals surface area contributed by atoms with E-state index >= 15 is 0 Å². The van der Waals surface area contributed by atoms with Crippen LogP contribution in [0.15, 0.2) is 18.3 Å². The number of hydrogen-bond donors (Lipinski definition) is 2. The maximum Gasteiger partial charge on any atom is 0.251 e. The maximum absolute atomic E-state index is 11.9. The van der Waals surface area contributed by atoms with E-state index < -0.39 is 5.60 Å². The molecule has 0 aliphatic rings. The molecule has 0 saturated heterocycles. The number of likely N-dealkylation sites (N-methyl/N-ethyl adjacent to an activating group) is 1. The van der Waals surface area contributed by atoms with Crippen LogP contribution in [0.25, 0.3) is 0 Å². The van der Waals surface area contributed by atoms with E-state index in [9.17, 15) is 9.90 Å². The maximum atomic E-state index is 11.9. The van der Waals surface area contributed by atoms with Crippen LogP contribution in [0.4, 0.5) is 0 Å². The molecule has 5 heteroatoms. The van der Waals surface area contributed by atoms with Gasteiger partial charge in [-0.1, -0.05) is 0 Å². The molecule has 0 aliphatic heterocycles. The summed E-state index contributed by atoms with van der Waals surface area (Å²) in [5.74, 6) is -0.195. The Hall–Kier alpha value is -1.46. The van der Waals surface area contributed by atoms with E-state index in [1.807, 2.05) is 25.9 Å². The molecule has 1 unspecified atom stereocenters. The van der Waals surface area contributed by atoms with Crippen molar-refractivity contribution in [1.82, 2.24) is 15.2 Å². The van der Waals surface area contributed by atoms with Gasteiger partial charge >= 0.3 is 0 Å². The van der Waals surface area contributed by atoms with Crippen molar-refractivity contribution in [3.05, 3.63) is 29.6 Å². The van der Waals surface area contributed by atoms with Gasteiger partial charge in [0.25, 0.3) is 5.91 Å². The molecule has 0 bridgehead atoms. The Morgan fingerprint density at radius 1 is 1.56 bits per heavy atom. The van der Waals surface area contributed by atoms with Gasteiger partial charge in [0.05, 0.1) is 5.60 Å². The summed E-state index contributed by atoms with van der Waals surface area (Å²) < 4.78 is 0. The molecule has 0 fully saturated rings. The second-order valence-corrected chi connectivity index (χ2v) is 5.10. The predicted molar refractivity (Wildman–Crippen MR) is 70.5 cm³/mol. The molecule has 0 radical (unpaired) electrons. The molecular formula is C13H21N3O2. The molecular weight excluding hydrogens is 230 g/mol. The van der Waals surface area contributed by atoms with Crippen molar-refractivity contribution in [3.8, 4) is 0 Å². The Labute approximate surface area is 108 Å². The van der Waals surface area contributed by atoms with Crippen LogP contribution < -0.4 is 5.32 Å². The third-order valence-corrected chi connectivity index (χ3v) is 2.45. The molecule has 1 amide bonds. The highest BCUT2D eigenvalue weighted by Gasteiger charge is 2.22. The van der Waals surface area contributed by atoms with Gasteiger partial charge in [-0.2, -0.15) is 0 Å². The molecule has 0 aromatic carbocycles. The van der Waals surface area contributed by atoms with Crippen molar-refractivity contribution in [1.29, 1.82) is 0 Å². The monoisotopic (exact) mass is 251 g/mol. The van der Waals surface area contributed by atoms with Gasteiger partial charge in [-0.25, -0.2) is 0 Å². The van der Waals surface area contributed by atoms with E-state index in [2.05, 4.69) is 10.3 Å². The Morgan fingerprint density at radius 3 is 2.78 bits per heavy atom. The zero-order valence-corrected chi connectivity index (χ0v) is 11.4. The minimum Gasteiger partial charge on any atom is -0.387 e. The molecule has 1 aromatic rings. The Kier molecular flexibility index (Phi) is 4.81. The van der Waals surface area contributed by atoms with Crippen molar-refractivity contribution < 1.29 is 9.90 Å². The first-order valence-corrected chi connectivity index (χ1v) is 5.88. The van der Waals surface area contributed by atoms with Gasteiger partial charge in [0.15, 0.2) is 0 Å². The highest BCUT2D eigenvalue weighted by molar-refractivity contribution is 5.94. The van der Waals surface area contributed by atoms with E-state index in [1.165, 1.54) is 0 Å². The summed E-state index contributed by atoms with van der Waals surface area (Å²) in [7, 11) is 3.75. The SMILES string of the molecule is Cc1cc(C(=O)NCC(C)(O)CN(C)C)ccn1. The second-order valence-electron chi connectivity index (χ2n) is 5.10. The van der Waals surface area contributed by atoms with Gasteiger partial charge in [-0.15, -0.1) is 0 Å². The molecule has 1 aromatic heterocycles. The number of pyridine rings is 1. The lowest BCUT2D eigenvalue weighted by Crippen LogP contribution is -2.47. The van der Waals surface area contributed by atoms with Crippen LogP contribution in [0.5, 0.6) is 0 Å². The van der Waals surface area contributed by atoms with Crippen LogP contribution in [0.1, 0.15) is 23.0 Å². The summed E-state index contributed by atoms with van der Waals surface area (Å²) in [6.45, 7) is 4.23. The quantitative estimate of drug-likeness (QED) is 0.796. The molecule has 0 saturated carbocycles. The van der Waals surface area contributed by atoms with Crippen LogP contribution in [0.2, 0.25) is 0 Å². The van der Waals surface area contributed by atoms with Crippen LogP contribution >= 0.6 is 0 Å². The molecule has 2 N–H and O–H groups in total. The smallest absolute Gasteiger partial charge is 0.251 e. The molecule has 18 heavy (non-hydrogen) atoms. The number of carbonyl (C=O) groups is 1. The van der Waals surface area contributed by atoms with Gasteiger partial charge in [0.2, 0.25) is 0 Å². The number of nitrogens with zero attached hydrogens (tertiary/aromatic N) is 2. The standard InChI is InChI=1S/C13H21N3O2/c1-10-7-11(5-6-14-10)12(17)15-8-13(2,18)9-16(3)4/h5-7,18H,8-9H2,1-4H3,(H,15,17). The van der Waals surface area contributed by atoms with Crippen molar-refractivity contribution in [2.24, 2.45) is 0 Å². The first-order valence-electron chi connectivity index (χ1n) is 5.88. The molecule has 1 rings (SSSR count). The number of aliphatic hydroxyl groups is 1. The number of aromatic nitrogens is 1. The zero-order valence-electron chi connectivity index (χ0n) is 11.4. The van der Waals surface area contributed by atoms with Crippen LogP contribution in [-0.4, -0.2) is 53.7 Å². The Morgan fingerprint density at radius 2 is 2.22 bits per heavy atom. The molecule has 1 atom stereocenters. The van der Waals surface area contributed by atoms with Crippen molar-refractivity contribution in [3.63, 3.8) is 0 Å². The second kappa shape index (κ2) is 5.93. The molecule has 100 valence electrons. The topological polar surface area (TPSA) is 65.5 Å². The Balaban J connectivity index is 2.56. The number of rotatable bonds is 5. The summed E-state index contributed by atoms with van der Waals surface area (Å²) in [6.07, 6.45) is 1.60. The van der Waals surface area contributed by atoms with Crippen LogP contribution in [-0.2, 0) is 0 Å². The number of carbonyl (C=O) groups excluding carboxylic acids is 1. The van der Waals surface area contributed by atoms with Crippen molar-refractivity contribution in [2.45, 2.75) is 19.4 Å². The summed E-state index contributed by atoms with van der Waals surface area (Å²) in [6, 6.07) is 3.37. The van der Waals surface area contributed by atoms with Crippen molar-refractivity contribution in [2.75, 3.05) is 27.2 Å². The average Bonchev–Trinajstić information content (AvgIpc) is 2.24. The summed E-state index contributed by atoms with van der Waals surface area (Å²) >= 11 is 0. The lowest BCUT2D eigenvalue weighted by molar-refractivity contribution is 0.0326.